The Labute approximate surface area is 230 Å². The Morgan fingerprint density at radius 2 is 2.06 bits per heavy atom. The molecule has 1 aliphatic rings. The molecule has 1 saturated carbocycles. The van der Waals surface area contributed by atoms with Crippen LogP contribution in [0.25, 0.3) is 42.5 Å². The highest BCUT2D eigenvalue weighted by atomic mass is 127. The fourth-order valence-electron chi connectivity index (χ4n) is 4.43. The van der Waals surface area contributed by atoms with Crippen LogP contribution in [0.15, 0.2) is 29.7 Å². The summed E-state index contributed by atoms with van der Waals surface area (Å²) >= 11 is 12.5. The van der Waals surface area contributed by atoms with Gasteiger partial charge in [0.2, 0.25) is 5.88 Å². The molecule has 180 valence electrons. The second kappa shape index (κ2) is 8.94. The average molecular weight is 654 g/mol. The summed E-state index contributed by atoms with van der Waals surface area (Å²) in [7, 11) is 0. The van der Waals surface area contributed by atoms with Crippen LogP contribution < -0.4 is 4.74 Å². The molecule has 0 N–H and O–H groups in total. The first kappa shape index (κ1) is 24.1. The van der Waals surface area contributed by atoms with Crippen LogP contribution in [0.5, 0.6) is 5.88 Å². The minimum absolute atomic E-state index is 0.381. The maximum Gasteiger partial charge on any atom is 0.227 e. The van der Waals surface area contributed by atoms with E-state index in [4.69, 9.17) is 31.3 Å². The predicted octanol–water partition coefficient (Wildman–Crippen LogP) is 8.48. The third kappa shape index (κ3) is 4.21. The van der Waals surface area contributed by atoms with Crippen LogP contribution in [0, 0.1) is 0 Å². The number of hydrogen-bond donors (Lipinski definition) is 0. The normalized spacial score (nSPS) is 14.8. The number of rotatable bonds is 5. The lowest BCUT2D eigenvalue weighted by Crippen LogP contribution is -2.23. The van der Waals surface area contributed by atoms with E-state index in [-0.39, 0.29) is 5.60 Å². The molecule has 1 unspecified atom stereocenters. The molecule has 1 fully saturated rings. The number of ether oxygens (including phenoxy) is 1. The number of aromatic nitrogens is 5. The summed E-state index contributed by atoms with van der Waals surface area (Å²) in [5.41, 5.74) is 3.89. The number of pyridine rings is 1. The number of fused-ring (bicyclic) bond motifs is 4. The monoisotopic (exact) mass is 653 g/mol. The van der Waals surface area contributed by atoms with Crippen molar-refractivity contribution in [1.29, 1.82) is 0 Å². The molecule has 0 spiro atoms. The van der Waals surface area contributed by atoms with E-state index in [1.54, 1.807) is 11.3 Å². The Hall–Kier alpha value is -1.26. The van der Waals surface area contributed by atoms with Crippen molar-refractivity contribution < 1.29 is 4.74 Å². The molecular formula is C24H22ClIN5OPS2. The van der Waals surface area contributed by atoms with E-state index in [0.717, 1.165) is 60.3 Å². The third-order valence-corrected chi connectivity index (χ3v) is 9.80. The molecule has 0 bridgehead atoms. The molecule has 0 aliphatic heterocycles. The van der Waals surface area contributed by atoms with Gasteiger partial charge in [0.1, 0.15) is 10.4 Å². The summed E-state index contributed by atoms with van der Waals surface area (Å²) in [5.74, 6) is 1.08. The Kier molecular flexibility index (Phi) is 6.16. The molecule has 6 rings (SSSR count). The van der Waals surface area contributed by atoms with E-state index in [9.17, 15) is 0 Å². The van der Waals surface area contributed by atoms with E-state index in [1.807, 2.05) is 49.9 Å². The highest BCUT2D eigenvalue weighted by molar-refractivity contribution is 14.2. The van der Waals surface area contributed by atoms with Crippen molar-refractivity contribution in [3.8, 4) is 17.1 Å². The van der Waals surface area contributed by atoms with Crippen molar-refractivity contribution in [2.75, 3.05) is 6.26 Å². The molecule has 6 nitrogen and oxygen atoms in total. The molecule has 5 aromatic rings. The standard InChI is InChI=1S/C24H22ClIN5OPS2/c1-24(2,3)32-21-18-12-7-8-27-19(20(12)35-22(18)30-23(29-21)34-4)17-13-10-28-31(33-26)15(13)9-14(25)16(17)11-5-6-11/h7-11,33H,5-6H2,1-4H3. The zero-order valence-electron chi connectivity index (χ0n) is 19.5. The summed E-state index contributed by atoms with van der Waals surface area (Å²) < 4.78 is 9.42. The molecule has 35 heavy (non-hydrogen) atoms. The lowest BCUT2D eigenvalue weighted by molar-refractivity contribution is 0.125. The molecule has 0 saturated heterocycles. The first-order chi connectivity index (χ1) is 16.8. The van der Waals surface area contributed by atoms with Gasteiger partial charge in [-0.1, -0.05) is 23.4 Å². The number of benzene rings is 1. The fourth-order valence-corrected chi connectivity index (χ4v) is 7.88. The largest absolute Gasteiger partial charge is 0.471 e. The Bertz CT molecular complexity index is 1630. The molecule has 1 aliphatic carbocycles. The highest BCUT2D eigenvalue weighted by Crippen LogP contribution is 2.52. The summed E-state index contributed by atoms with van der Waals surface area (Å²) in [6.07, 6.45) is 8.61. The van der Waals surface area contributed by atoms with Gasteiger partial charge in [-0.2, -0.15) is 10.1 Å². The first-order valence-corrected chi connectivity index (χ1v) is 17.7. The van der Waals surface area contributed by atoms with Gasteiger partial charge in [-0.3, -0.25) is 4.98 Å². The number of nitrogens with zero attached hydrogens (tertiary/aromatic N) is 5. The SMILES string of the molecule is CSc1nc(OC(C)(C)C)c2c(n1)sc1c(-c3c(C4CC4)c(Cl)cc4c3cnn4PI)nccc12. The smallest absolute Gasteiger partial charge is 0.227 e. The van der Waals surface area contributed by atoms with Crippen LogP contribution in [-0.2, 0) is 0 Å². The van der Waals surface area contributed by atoms with Crippen molar-refractivity contribution in [3.63, 3.8) is 0 Å². The lowest BCUT2D eigenvalue weighted by atomic mass is 9.96. The molecular weight excluding hydrogens is 632 g/mol. The van der Waals surface area contributed by atoms with E-state index in [0.29, 0.717) is 23.3 Å². The third-order valence-electron chi connectivity index (χ3n) is 5.95. The number of hydrogen-bond acceptors (Lipinski definition) is 7. The van der Waals surface area contributed by atoms with Crippen LogP contribution in [0.1, 0.15) is 45.1 Å². The van der Waals surface area contributed by atoms with E-state index in [2.05, 4.69) is 33.2 Å². The molecule has 4 heterocycles. The van der Waals surface area contributed by atoms with Crippen LogP contribution in [0.4, 0.5) is 0 Å². The van der Waals surface area contributed by atoms with Gasteiger partial charge in [-0.05, 0) is 85.5 Å². The van der Waals surface area contributed by atoms with E-state index >= 15 is 0 Å². The second-order valence-electron chi connectivity index (χ2n) is 9.54. The zero-order valence-corrected chi connectivity index (χ0v) is 25.1. The van der Waals surface area contributed by atoms with E-state index < -0.39 is 0 Å². The van der Waals surface area contributed by atoms with Crippen molar-refractivity contribution in [3.05, 3.63) is 35.1 Å². The maximum absolute atomic E-state index is 6.94. The second-order valence-corrected chi connectivity index (χ2v) is 13.8. The minimum atomic E-state index is -0.381. The van der Waals surface area contributed by atoms with Crippen molar-refractivity contribution in [2.24, 2.45) is 0 Å². The van der Waals surface area contributed by atoms with Crippen LogP contribution in [-0.4, -0.2) is 36.4 Å². The quantitative estimate of drug-likeness (QED) is 0.0821. The summed E-state index contributed by atoms with van der Waals surface area (Å²) in [5, 5.41) is 9.25. The van der Waals surface area contributed by atoms with Crippen LogP contribution >= 0.6 is 63.1 Å². The number of thiophene rings is 1. The van der Waals surface area contributed by atoms with Gasteiger partial charge in [-0.15, -0.1) is 11.3 Å². The summed E-state index contributed by atoms with van der Waals surface area (Å²) in [6.45, 7) is 6.12. The summed E-state index contributed by atoms with van der Waals surface area (Å²) in [6, 6.07) is 4.12. The molecule has 0 amide bonds. The van der Waals surface area contributed by atoms with Gasteiger partial charge < -0.3 is 4.74 Å². The van der Waals surface area contributed by atoms with Crippen molar-refractivity contribution >= 4 is 94.3 Å². The average Bonchev–Trinajstić information content (AvgIpc) is 3.45. The number of thioether (sulfide) groups is 1. The van der Waals surface area contributed by atoms with Gasteiger partial charge in [-0.25, -0.2) is 9.44 Å². The molecule has 1 atom stereocenters. The molecule has 11 heteroatoms. The summed E-state index contributed by atoms with van der Waals surface area (Å²) in [4.78, 5) is 15.4. The maximum atomic E-state index is 6.94. The zero-order chi connectivity index (χ0) is 24.5. The van der Waals surface area contributed by atoms with E-state index in [1.165, 1.54) is 17.3 Å². The highest BCUT2D eigenvalue weighted by Gasteiger charge is 2.32. The molecule has 1 aromatic carbocycles. The molecule has 0 radical (unpaired) electrons. The van der Waals surface area contributed by atoms with Crippen molar-refractivity contribution in [2.45, 2.75) is 50.3 Å². The van der Waals surface area contributed by atoms with Crippen molar-refractivity contribution in [1.82, 2.24) is 24.5 Å². The predicted molar refractivity (Wildman–Crippen MR) is 158 cm³/mol. The first-order valence-electron chi connectivity index (χ1n) is 11.2. The van der Waals surface area contributed by atoms with Gasteiger partial charge in [0.15, 0.2) is 5.16 Å². The van der Waals surface area contributed by atoms with Gasteiger partial charge in [0, 0.05) is 27.6 Å². The number of halogens is 2. The Balaban J connectivity index is 1.70. The van der Waals surface area contributed by atoms with Gasteiger partial charge in [0.25, 0.3) is 0 Å². The van der Waals surface area contributed by atoms with Crippen LogP contribution in [0.2, 0.25) is 5.02 Å². The minimum Gasteiger partial charge on any atom is -0.471 e. The Morgan fingerprint density at radius 3 is 2.74 bits per heavy atom. The molecule has 4 aromatic heterocycles. The van der Waals surface area contributed by atoms with Gasteiger partial charge >= 0.3 is 0 Å². The lowest BCUT2D eigenvalue weighted by Gasteiger charge is -2.21. The Morgan fingerprint density at radius 1 is 1.26 bits per heavy atom. The fraction of sp³-hybridized carbons (Fsp3) is 0.333. The van der Waals surface area contributed by atoms with Gasteiger partial charge in [0.05, 0.1) is 33.9 Å². The van der Waals surface area contributed by atoms with Crippen LogP contribution in [0.3, 0.4) is 0 Å². The topological polar surface area (TPSA) is 65.7 Å².